The summed E-state index contributed by atoms with van der Waals surface area (Å²) >= 11 is 0. The molecule has 0 aromatic heterocycles. The van der Waals surface area contributed by atoms with Gasteiger partial charge in [-0.15, -0.1) is 0 Å². The van der Waals surface area contributed by atoms with E-state index in [1.54, 1.807) is 20.8 Å². The van der Waals surface area contributed by atoms with E-state index in [-0.39, 0.29) is 13.0 Å². The Hall–Kier alpha value is -1.27. The first-order valence-electron chi connectivity index (χ1n) is 5.52. The summed E-state index contributed by atoms with van der Waals surface area (Å²) in [6.45, 7) is 4.57. The maximum absolute atomic E-state index is 11.8. The van der Waals surface area contributed by atoms with Crippen LogP contribution >= 0.6 is 0 Å². The van der Waals surface area contributed by atoms with E-state index in [9.17, 15) is 22.8 Å². The first-order chi connectivity index (χ1) is 7.95. The van der Waals surface area contributed by atoms with Gasteiger partial charge >= 0.3 is 12.1 Å². The van der Waals surface area contributed by atoms with Gasteiger partial charge in [0, 0.05) is 13.0 Å². The number of hydrogen-bond donors (Lipinski definition) is 2. The average molecular weight is 269 g/mol. The Labute approximate surface area is 104 Å². The van der Waals surface area contributed by atoms with Crippen LogP contribution < -0.4 is 5.32 Å². The van der Waals surface area contributed by atoms with Gasteiger partial charge in [0.05, 0.1) is 0 Å². The molecule has 0 saturated carbocycles. The number of halogens is 3. The Bertz CT molecular complexity index is 308. The van der Waals surface area contributed by atoms with Crippen molar-refractivity contribution in [2.45, 2.75) is 39.8 Å². The predicted molar refractivity (Wildman–Crippen MR) is 58.9 cm³/mol. The maximum Gasteiger partial charge on any atom is 0.389 e. The van der Waals surface area contributed by atoms with Crippen molar-refractivity contribution < 1.29 is 27.9 Å². The zero-order chi connectivity index (χ0) is 14.6. The van der Waals surface area contributed by atoms with E-state index in [0.717, 1.165) is 0 Å². The lowest BCUT2D eigenvalue weighted by Crippen LogP contribution is -2.43. The molecule has 0 aliphatic heterocycles. The number of amides is 1. The largest absolute Gasteiger partial charge is 0.481 e. The van der Waals surface area contributed by atoms with E-state index in [0.29, 0.717) is 0 Å². The van der Waals surface area contributed by atoms with Crippen molar-refractivity contribution in [2.24, 2.45) is 11.3 Å². The van der Waals surface area contributed by atoms with Crippen molar-refractivity contribution in [2.75, 3.05) is 6.54 Å². The number of nitrogens with one attached hydrogen (secondary N) is 1. The Balaban J connectivity index is 4.26. The number of carboxylic acid groups (broad SMARTS) is 1. The van der Waals surface area contributed by atoms with Crippen molar-refractivity contribution in [3.63, 3.8) is 0 Å². The summed E-state index contributed by atoms with van der Waals surface area (Å²) in [6, 6.07) is 0. The van der Waals surface area contributed by atoms with Gasteiger partial charge in [0.1, 0.15) is 5.92 Å². The van der Waals surface area contributed by atoms with Crippen LogP contribution in [-0.4, -0.2) is 29.7 Å². The number of carbonyl (C=O) groups excluding carboxylic acids is 1. The third kappa shape index (κ3) is 6.46. The summed E-state index contributed by atoms with van der Waals surface area (Å²) in [5.74, 6) is -3.31. The van der Waals surface area contributed by atoms with E-state index in [4.69, 9.17) is 5.11 Å². The first kappa shape index (κ1) is 16.7. The minimum atomic E-state index is -4.26. The summed E-state index contributed by atoms with van der Waals surface area (Å²) in [5, 5.41) is 11.1. The Morgan fingerprint density at radius 3 is 2.06 bits per heavy atom. The standard InChI is InChI=1S/C11H18F3NO3/c1-10(2,3)7(9(17)18)8(16)15-6-4-5-11(12,13)14/h7H,4-6H2,1-3H3,(H,15,16)(H,17,18). The molecule has 0 aliphatic rings. The van der Waals surface area contributed by atoms with Gasteiger partial charge in [-0.05, 0) is 11.8 Å². The van der Waals surface area contributed by atoms with Crippen LogP contribution in [0.2, 0.25) is 0 Å². The van der Waals surface area contributed by atoms with Crippen LogP contribution in [0.1, 0.15) is 33.6 Å². The second kappa shape index (κ2) is 6.06. The Morgan fingerprint density at radius 1 is 1.22 bits per heavy atom. The van der Waals surface area contributed by atoms with Crippen molar-refractivity contribution in [3.05, 3.63) is 0 Å². The number of carboxylic acids is 1. The molecule has 0 saturated heterocycles. The Kier molecular flexibility index (Phi) is 5.63. The molecule has 0 aromatic carbocycles. The molecule has 1 atom stereocenters. The van der Waals surface area contributed by atoms with Crippen LogP contribution in [0.4, 0.5) is 13.2 Å². The molecule has 18 heavy (non-hydrogen) atoms. The molecular formula is C11H18F3NO3. The molecule has 0 fully saturated rings. The summed E-state index contributed by atoms with van der Waals surface area (Å²) in [4.78, 5) is 22.5. The minimum absolute atomic E-state index is 0.182. The highest BCUT2D eigenvalue weighted by atomic mass is 19.4. The predicted octanol–water partition coefficient (Wildman–Crippen LogP) is 2.19. The van der Waals surface area contributed by atoms with Gasteiger partial charge in [0.15, 0.2) is 0 Å². The summed E-state index contributed by atoms with van der Waals surface area (Å²) in [6.07, 6.45) is -5.52. The first-order valence-corrected chi connectivity index (χ1v) is 5.52. The molecule has 0 radical (unpaired) electrons. The molecule has 0 heterocycles. The number of alkyl halides is 3. The van der Waals surface area contributed by atoms with Gasteiger partial charge in [-0.3, -0.25) is 9.59 Å². The molecule has 0 aliphatic carbocycles. The monoisotopic (exact) mass is 269 g/mol. The van der Waals surface area contributed by atoms with Gasteiger partial charge in [-0.1, -0.05) is 20.8 Å². The van der Waals surface area contributed by atoms with Gasteiger partial charge in [-0.25, -0.2) is 0 Å². The van der Waals surface area contributed by atoms with Crippen molar-refractivity contribution in [1.29, 1.82) is 0 Å². The van der Waals surface area contributed by atoms with E-state index in [2.05, 4.69) is 5.32 Å². The third-order valence-corrected chi connectivity index (χ3v) is 2.31. The molecule has 0 rings (SSSR count). The zero-order valence-electron chi connectivity index (χ0n) is 10.6. The molecule has 0 aromatic rings. The molecule has 7 heteroatoms. The van der Waals surface area contributed by atoms with E-state index in [1.807, 2.05) is 0 Å². The van der Waals surface area contributed by atoms with Crippen LogP contribution in [0.15, 0.2) is 0 Å². The number of aliphatic carboxylic acids is 1. The molecule has 0 bridgehead atoms. The molecular weight excluding hydrogens is 251 g/mol. The molecule has 0 spiro atoms. The number of rotatable bonds is 5. The van der Waals surface area contributed by atoms with Crippen molar-refractivity contribution in [3.8, 4) is 0 Å². The summed E-state index contributed by atoms with van der Waals surface area (Å²) in [7, 11) is 0. The summed E-state index contributed by atoms with van der Waals surface area (Å²) < 4.78 is 35.5. The Morgan fingerprint density at radius 2 is 1.72 bits per heavy atom. The maximum atomic E-state index is 11.8. The SMILES string of the molecule is CC(C)(C)C(C(=O)O)C(=O)NCCCC(F)(F)F. The minimum Gasteiger partial charge on any atom is -0.481 e. The summed E-state index contributed by atoms with van der Waals surface area (Å²) in [5.41, 5.74) is -0.792. The van der Waals surface area contributed by atoms with Crippen molar-refractivity contribution >= 4 is 11.9 Å². The highest BCUT2D eigenvalue weighted by molar-refractivity contribution is 5.97. The highest BCUT2D eigenvalue weighted by Gasteiger charge is 2.37. The number of hydrogen-bond acceptors (Lipinski definition) is 2. The molecule has 106 valence electrons. The van der Waals surface area contributed by atoms with Crippen molar-refractivity contribution in [1.82, 2.24) is 5.32 Å². The quantitative estimate of drug-likeness (QED) is 0.594. The second-order valence-electron chi connectivity index (χ2n) is 5.15. The van der Waals surface area contributed by atoms with Gasteiger partial charge < -0.3 is 10.4 Å². The van der Waals surface area contributed by atoms with Crippen LogP contribution in [0, 0.1) is 11.3 Å². The molecule has 1 unspecified atom stereocenters. The normalized spacial score (nSPS) is 14.1. The lowest BCUT2D eigenvalue weighted by molar-refractivity contribution is -0.152. The smallest absolute Gasteiger partial charge is 0.389 e. The molecule has 2 N–H and O–H groups in total. The lowest BCUT2D eigenvalue weighted by atomic mass is 9.80. The van der Waals surface area contributed by atoms with E-state index >= 15 is 0 Å². The molecule has 4 nitrogen and oxygen atoms in total. The van der Waals surface area contributed by atoms with Crippen LogP contribution in [0.3, 0.4) is 0 Å². The molecule has 1 amide bonds. The van der Waals surface area contributed by atoms with Gasteiger partial charge in [0.2, 0.25) is 5.91 Å². The fourth-order valence-corrected chi connectivity index (χ4v) is 1.48. The average Bonchev–Trinajstić information content (AvgIpc) is 2.07. The highest BCUT2D eigenvalue weighted by Crippen LogP contribution is 2.26. The van der Waals surface area contributed by atoms with Crippen LogP contribution in [0.25, 0.3) is 0 Å². The fourth-order valence-electron chi connectivity index (χ4n) is 1.48. The van der Waals surface area contributed by atoms with Crippen LogP contribution in [0.5, 0.6) is 0 Å². The van der Waals surface area contributed by atoms with Gasteiger partial charge in [-0.2, -0.15) is 13.2 Å². The topological polar surface area (TPSA) is 66.4 Å². The zero-order valence-corrected chi connectivity index (χ0v) is 10.6. The number of carbonyl (C=O) groups is 2. The fraction of sp³-hybridized carbons (Fsp3) is 0.818. The van der Waals surface area contributed by atoms with Crippen LogP contribution in [-0.2, 0) is 9.59 Å². The second-order valence-corrected chi connectivity index (χ2v) is 5.15. The van der Waals surface area contributed by atoms with E-state index < -0.39 is 35.8 Å². The lowest BCUT2D eigenvalue weighted by Gasteiger charge is -2.25. The van der Waals surface area contributed by atoms with E-state index in [1.165, 1.54) is 0 Å². The third-order valence-electron chi connectivity index (χ3n) is 2.31. The van der Waals surface area contributed by atoms with Gasteiger partial charge in [0.25, 0.3) is 0 Å².